The van der Waals surface area contributed by atoms with Gasteiger partial charge in [0.25, 0.3) is 11.8 Å². The van der Waals surface area contributed by atoms with Crippen molar-refractivity contribution >= 4 is 23.2 Å². The number of benzene rings is 2. The van der Waals surface area contributed by atoms with Crippen LogP contribution in [0.3, 0.4) is 0 Å². The third-order valence-electron chi connectivity index (χ3n) is 3.34. The van der Waals surface area contributed by atoms with Crippen LogP contribution in [0.15, 0.2) is 48.5 Å². The first-order chi connectivity index (χ1) is 11.0. The summed E-state index contributed by atoms with van der Waals surface area (Å²) in [5.74, 6) is -0.361. The summed E-state index contributed by atoms with van der Waals surface area (Å²) in [6.07, 6.45) is 0. The van der Waals surface area contributed by atoms with E-state index in [0.29, 0.717) is 23.4 Å². The molecule has 2 aromatic carbocycles. The fourth-order valence-corrected chi connectivity index (χ4v) is 2.13. The first kappa shape index (κ1) is 16.5. The van der Waals surface area contributed by atoms with Crippen molar-refractivity contribution in [1.29, 1.82) is 0 Å². The molecule has 0 aliphatic rings. The Morgan fingerprint density at radius 2 is 1.61 bits per heavy atom. The van der Waals surface area contributed by atoms with Crippen molar-refractivity contribution in [2.24, 2.45) is 0 Å². The van der Waals surface area contributed by atoms with Crippen LogP contribution in [0.25, 0.3) is 0 Å². The van der Waals surface area contributed by atoms with Gasteiger partial charge in [-0.05, 0) is 43.3 Å². The number of nitrogens with one attached hydrogen (secondary N) is 2. The molecule has 0 aromatic heterocycles. The predicted molar refractivity (Wildman–Crippen MR) is 93.2 cm³/mol. The summed E-state index contributed by atoms with van der Waals surface area (Å²) in [5, 5.41) is 5.56. The van der Waals surface area contributed by atoms with E-state index in [9.17, 15) is 9.59 Å². The minimum Gasteiger partial charge on any atom is -0.378 e. The summed E-state index contributed by atoms with van der Waals surface area (Å²) in [6, 6.07) is 14.2. The Morgan fingerprint density at radius 1 is 0.957 bits per heavy atom. The molecule has 2 N–H and O–H groups in total. The lowest BCUT2D eigenvalue weighted by Crippen LogP contribution is -2.22. The highest BCUT2D eigenvalue weighted by molar-refractivity contribution is 6.05. The third-order valence-corrected chi connectivity index (χ3v) is 3.34. The van der Waals surface area contributed by atoms with Crippen LogP contribution in [-0.2, 0) is 0 Å². The minimum atomic E-state index is -0.207. The van der Waals surface area contributed by atoms with Gasteiger partial charge in [-0.1, -0.05) is 12.1 Å². The van der Waals surface area contributed by atoms with Gasteiger partial charge >= 0.3 is 0 Å². The zero-order valence-corrected chi connectivity index (χ0v) is 13.6. The molecule has 5 heteroatoms. The quantitative estimate of drug-likeness (QED) is 0.892. The number of hydrogen-bond acceptors (Lipinski definition) is 3. The monoisotopic (exact) mass is 311 g/mol. The Bertz CT molecular complexity index is 711. The molecule has 0 spiro atoms. The van der Waals surface area contributed by atoms with E-state index in [2.05, 4.69) is 10.6 Å². The van der Waals surface area contributed by atoms with E-state index in [-0.39, 0.29) is 11.8 Å². The second-order valence-corrected chi connectivity index (χ2v) is 5.34. The first-order valence-corrected chi connectivity index (χ1v) is 7.48. The van der Waals surface area contributed by atoms with Crippen molar-refractivity contribution in [3.8, 4) is 0 Å². The van der Waals surface area contributed by atoms with Gasteiger partial charge in [0.15, 0.2) is 0 Å². The van der Waals surface area contributed by atoms with Crippen LogP contribution in [0.1, 0.15) is 27.6 Å². The summed E-state index contributed by atoms with van der Waals surface area (Å²) in [7, 11) is 3.85. The fraction of sp³-hybridized carbons (Fsp3) is 0.222. The van der Waals surface area contributed by atoms with Crippen molar-refractivity contribution in [2.75, 3.05) is 30.9 Å². The van der Waals surface area contributed by atoms with Crippen LogP contribution in [0.5, 0.6) is 0 Å². The van der Waals surface area contributed by atoms with E-state index < -0.39 is 0 Å². The van der Waals surface area contributed by atoms with Gasteiger partial charge in [0, 0.05) is 43.1 Å². The summed E-state index contributed by atoms with van der Waals surface area (Å²) in [6.45, 7) is 2.42. The molecule has 2 aromatic rings. The molecular formula is C18H21N3O2. The van der Waals surface area contributed by atoms with Gasteiger partial charge in [0.1, 0.15) is 0 Å². The molecule has 0 fully saturated rings. The number of hydrogen-bond donors (Lipinski definition) is 2. The molecule has 0 atom stereocenters. The van der Waals surface area contributed by atoms with Gasteiger partial charge in [-0.3, -0.25) is 9.59 Å². The second kappa shape index (κ2) is 7.45. The summed E-state index contributed by atoms with van der Waals surface area (Å²) in [5.41, 5.74) is 2.63. The van der Waals surface area contributed by atoms with Gasteiger partial charge in [0.2, 0.25) is 0 Å². The van der Waals surface area contributed by atoms with Crippen LogP contribution in [0.4, 0.5) is 11.4 Å². The number of nitrogens with zero attached hydrogens (tertiary/aromatic N) is 1. The average Bonchev–Trinajstić information content (AvgIpc) is 2.55. The van der Waals surface area contributed by atoms with Crippen molar-refractivity contribution < 1.29 is 9.59 Å². The van der Waals surface area contributed by atoms with Crippen LogP contribution in [0, 0.1) is 0 Å². The molecule has 0 saturated carbocycles. The molecule has 2 rings (SSSR count). The van der Waals surface area contributed by atoms with Crippen LogP contribution in [-0.4, -0.2) is 32.5 Å². The van der Waals surface area contributed by atoms with E-state index >= 15 is 0 Å². The Hall–Kier alpha value is -2.82. The van der Waals surface area contributed by atoms with Crippen LogP contribution >= 0.6 is 0 Å². The maximum atomic E-state index is 12.4. The van der Waals surface area contributed by atoms with Crippen LogP contribution in [0.2, 0.25) is 0 Å². The standard InChI is InChI=1S/C18H21N3O2/c1-4-19-17(22)13-7-5-9-15(11-13)20-18(23)14-8-6-10-16(12-14)21(2)3/h5-12H,4H2,1-3H3,(H,19,22)(H,20,23). The van der Waals surface area contributed by atoms with E-state index in [1.807, 2.05) is 44.1 Å². The number of rotatable bonds is 5. The fourth-order valence-electron chi connectivity index (χ4n) is 2.13. The van der Waals surface area contributed by atoms with E-state index in [1.165, 1.54) is 0 Å². The van der Waals surface area contributed by atoms with E-state index in [0.717, 1.165) is 5.69 Å². The SMILES string of the molecule is CCNC(=O)c1cccc(NC(=O)c2cccc(N(C)C)c2)c1. The lowest BCUT2D eigenvalue weighted by Gasteiger charge is -2.13. The van der Waals surface area contributed by atoms with Gasteiger partial charge in [0.05, 0.1) is 0 Å². The van der Waals surface area contributed by atoms with Crippen molar-refractivity contribution in [3.05, 3.63) is 59.7 Å². The summed E-state index contributed by atoms with van der Waals surface area (Å²) < 4.78 is 0. The molecule has 120 valence electrons. The Kier molecular flexibility index (Phi) is 5.36. The molecule has 0 saturated heterocycles. The zero-order chi connectivity index (χ0) is 16.8. The second-order valence-electron chi connectivity index (χ2n) is 5.34. The summed E-state index contributed by atoms with van der Waals surface area (Å²) in [4.78, 5) is 26.1. The number of anilines is 2. The molecule has 0 unspecified atom stereocenters. The largest absolute Gasteiger partial charge is 0.378 e. The Morgan fingerprint density at radius 3 is 2.26 bits per heavy atom. The minimum absolute atomic E-state index is 0.154. The zero-order valence-electron chi connectivity index (χ0n) is 13.6. The highest BCUT2D eigenvalue weighted by Gasteiger charge is 2.09. The number of amides is 2. The molecule has 5 nitrogen and oxygen atoms in total. The maximum Gasteiger partial charge on any atom is 0.255 e. The lowest BCUT2D eigenvalue weighted by atomic mass is 10.1. The van der Waals surface area contributed by atoms with E-state index in [4.69, 9.17) is 0 Å². The molecule has 0 radical (unpaired) electrons. The predicted octanol–water partition coefficient (Wildman–Crippen LogP) is 2.75. The molecule has 23 heavy (non-hydrogen) atoms. The molecular weight excluding hydrogens is 290 g/mol. The highest BCUT2D eigenvalue weighted by Crippen LogP contribution is 2.16. The topological polar surface area (TPSA) is 61.4 Å². The number of carbonyl (C=O) groups is 2. The average molecular weight is 311 g/mol. The number of carbonyl (C=O) groups excluding carboxylic acids is 2. The molecule has 0 aliphatic heterocycles. The van der Waals surface area contributed by atoms with Gasteiger partial charge in [-0.25, -0.2) is 0 Å². The third kappa shape index (κ3) is 4.32. The lowest BCUT2D eigenvalue weighted by molar-refractivity contribution is 0.0954. The van der Waals surface area contributed by atoms with Gasteiger partial charge < -0.3 is 15.5 Å². The summed E-state index contributed by atoms with van der Waals surface area (Å²) >= 11 is 0. The van der Waals surface area contributed by atoms with Gasteiger partial charge in [-0.2, -0.15) is 0 Å². The van der Waals surface area contributed by atoms with E-state index in [1.54, 1.807) is 30.3 Å². The Labute approximate surface area is 136 Å². The van der Waals surface area contributed by atoms with Crippen molar-refractivity contribution in [1.82, 2.24) is 5.32 Å². The van der Waals surface area contributed by atoms with Crippen molar-refractivity contribution in [3.63, 3.8) is 0 Å². The molecule has 2 amide bonds. The first-order valence-electron chi connectivity index (χ1n) is 7.48. The van der Waals surface area contributed by atoms with Gasteiger partial charge in [-0.15, -0.1) is 0 Å². The maximum absolute atomic E-state index is 12.4. The highest BCUT2D eigenvalue weighted by atomic mass is 16.2. The smallest absolute Gasteiger partial charge is 0.255 e. The van der Waals surface area contributed by atoms with Crippen LogP contribution < -0.4 is 15.5 Å². The van der Waals surface area contributed by atoms with Crippen molar-refractivity contribution in [2.45, 2.75) is 6.92 Å². The normalized spacial score (nSPS) is 10.0. The molecule has 0 aliphatic carbocycles. The molecule has 0 heterocycles. The Balaban J connectivity index is 2.16. The molecule has 0 bridgehead atoms.